The highest BCUT2D eigenvalue weighted by molar-refractivity contribution is 7.22. The minimum absolute atomic E-state index is 0.225. The number of para-hydroxylation sites is 2. The second kappa shape index (κ2) is 8.24. The zero-order chi connectivity index (χ0) is 21.2. The van der Waals surface area contributed by atoms with E-state index in [1.807, 2.05) is 79.7 Å². The molecule has 31 heavy (non-hydrogen) atoms. The molecular weight excluding hydrogens is 408 g/mol. The van der Waals surface area contributed by atoms with Crippen LogP contribution < -0.4 is 9.64 Å². The van der Waals surface area contributed by atoms with Crippen molar-refractivity contribution in [1.29, 1.82) is 0 Å². The lowest BCUT2D eigenvalue weighted by Gasteiger charge is -2.18. The molecule has 0 aliphatic heterocycles. The molecule has 1 amide bonds. The average Bonchev–Trinajstić information content (AvgIpc) is 3.43. The summed E-state index contributed by atoms with van der Waals surface area (Å²) < 4.78 is 12.6. The zero-order valence-electron chi connectivity index (χ0n) is 16.9. The Balaban J connectivity index is 1.59. The van der Waals surface area contributed by atoms with Crippen molar-refractivity contribution in [2.75, 3.05) is 11.5 Å². The van der Waals surface area contributed by atoms with Crippen LogP contribution in [0, 0.1) is 0 Å². The lowest BCUT2D eigenvalue weighted by molar-refractivity contribution is 0.0960. The third kappa shape index (κ3) is 3.78. The van der Waals surface area contributed by atoms with Crippen LogP contribution in [0.15, 0.2) is 83.3 Å². The number of furan rings is 1. The van der Waals surface area contributed by atoms with Crippen molar-refractivity contribution in [1.82, 2.24) is 4.98 Å². The number of aromatic nitrogens is 1. The van der Waals surface area contributed by atoms with Crippen molar-refractivity contribution in [3.05, 3.63) is 90.2 Å². The van der Waals surface area contributed by atoms with Gasteiger partial charge in [0.15, 0.2) is 10.9 Å². The van der Waals surface area contributed by atoms with Crippen LogP contribution in [-0.4, -0.2) is 17.5 Å². The van der Waals surface area contributed by atoms with E-state index in [0.29, 0.717) is 29.6 Å². The Morgan fingerprint density at radius 2 is 1.84 bits per heavy atom. The van der Waals surface area contributed by atoms with E-state index in [4.69, 9.17) is 14.1 Å². The van der Waals surface area contributed by atoms with Crippen molar-refractivity contribution in [2.24, 2.45) is 0 Å². The molecule has 0 saturated carbocycles. The normalized spacial score (nSPS) is 11.1. The quantitative estimate of drug-likeness (QED) is 0.319. The molecule has 2 heterocycles. The Hall–Kier alpha value is -3.64. The van der Waals surface area contributed by atoms with Gasteiger partial charge >= 0.3 is 0 Å². The fourth-order valence-corrected chi connectivity index (χ4v) is 4.49. The number of hydrogen-bond acceptors (Lipinski definition) is 5. The van der Waals surface area contributed by atoms with Crippen LogP contribution in [0.3, 0.4) is 0 Å². The van der Waals surface area contributed by atoms with Crippen molar-refractivity contribution in [3.8, 4) is 5.75 Å². The molecule has 0 fully saturated rings. The smallest absolute Gasteiger partial charge is 0.296 e. The number of benzene rings is 3. The van der Waals surface area contributed by atoms with Crippen molar-refractivity contribution in [3.63, 3.8) is 0 Å². The standard InChI is InChI=1S/C25H20N2O3S/c1-2-29-20-13-8-14-22-23(20)26-25(31-22)27(16-17-9-4-3-5-10-17)24(28)21-15-18-11-6-7-12-19(18)30-21/h3-15H,2,16H2,1H3. The molecule has 5 aromatic rings. The minimum atomic E-state index is -0.225. The number of amides is 1. The largest absolute Gasteiger partial charge is 0.492 e. The molecular formula is C25H20N2O3S. The Labute approximate surface area is 183 Å². The molecule has 0 bridgehead atoms. The summed E-state index contributed by atoms with van der Waals surface area (Å²) in [6.45, 7) is 2.89. The first-order valence-corrected chi connectivity index (χ1v) is 10.9. The predicted octanol–water partition coefficient (Wildman–Crippen LogP) is 6.29. The number of ether oxygens (including phenoxy) is 1. The highest BCUT2D eigenvalue weighted by Crippen LogP contribution is 2.35. The van der Waals surface area contributed by atoms with Gasteiger partial charge in [-0.3, -0.25) is 9.69 Å². The first kappa shape index (κ1) is 19.3. The van der Waals surface area contributed by atoms with E-state index in [2.05, 4.69) is 0 Å². The van der Waals surface area contributed by atoms with Gasteiger partial charge in [-0.25, -0.2) is 4.98 Å². The number of carbonyl (C=O) groups is 1. The highest BCUT2D eigenvalue weighted by atomic mass is 32.1. The first-order chi connectivity index (χ1) is 15.2. The van der Waals surface area contributed by atoms with E-state index >= 15 is 0 Å². The predicted molar refractivity (Wildman–Crippen MR) is 124 cm³/mol. The van der Waals surface area contributed by atoms with Gasteiger partial charge in [0.1, 0.15) is 16.8 Å². The third-order valence-corrected chi connectivity index (χ3v) is 6.01. The lowest BCUT2D eigenvalue weighted by atomic mass is 10.2. The van der Waals surface area contributed by atoms with E-state index in [1.165, 1.54) is 11.3 Å². The van der Waals surface area contributed by atoms with E-state index in [0.717, 1.165) is 26.9 Å². The van der Waals surface area contributed by atoms with E-state index in [-0.39, 0.29) is 5.91 Å². The van der Waals surface area contributed by atoms with Crippen molar-refractivity contribution in [2.45, 2.75) is 13.5 Å². The maximum Gasteiger partial charge on any atom is 0.296 e. The summed E-state index contributed by atoms with van der Waals surface area (Å²) >= 11 is 1.47. The van der Waals surface area contributed by atoms with Gasteiger partial charge in [-0.1, -0.05) is 65.9 Å². The number of thiazole rings is 1. The number of carbonyl (C=O) groups excluding carboxylic acids is 1. The van der Waals surface area contributed by atoms with Crippen LogP contribution in [0.25, 0.3) is 21.2 Å². The van der Waals surface area contributed by atoms with E-state index in [9.17, 15) is 4.79 Å². The lowest BCUT2D eigenvalue weighted by Crippen LogP contribution is -2.30. The van der Waals surface area contributed by atoms with Gasteiger partial charge in [-0.2, -0.15) is 0 Å². The minimum Gasteiger partial charge on any atom is -0.492 e. The summed E-state index contributed by atoms with van der Waals surface area (Å²) in [6.07, 6.45) is 0. The first-order valence-electron chi connectivity index (χ1n) is 10.1. The highest BCUT2D eigenvalue weighted by Gasteiger charge is 2.25. The molecule has 5 nitrogen and oxygen atoms in total. The topological polar surface area (TPSA) is 55.6 Å². The second-order valence-electron chi connectivity index (χ2n) is 7.06. The maximum absolute atomic E-state index is 13.6. The molecule has 0 saturated heterocycles. The summed E-state index contributed by atoms with van der Waals surface area (Å²) in [5, 5.41) is 1.50. The van der Waals surface area contributed by atoms with Crippen LogP contribution in [-0.2, 0) is 6.54 Å². The van der Waals surface area contributed by atoms with Gasteiger partial charge in [-0.15, -0.1) is 0 Å². The number of nitrogens with zero attached hydrogens (tertiary/aromatic N) is 2. The van der Waals surface area contributed by atoms with Crippen LogP contribution in [0.5, 0.6) is 5.75 Å². The Morgan fingerprint density at radius 3 is 2.65 bits per heavy atom. The second-order valence-corrected chi connectivity index (χ2v) is 8.07. The number of hydrogen-bond donors (Lipinski definition) is 0. The van der Waals surface area contributed by atoms with Gasteiger partial charge in [0, 0.05) is 5.39 Å². The van der Waals surface area contributed by atoms with Gasteiger partial charge in [0.05, 0.1) is 17.9 Å². The fraction of sp³-hybridized carbons (Fsp3) is 0.120. The fourth-order valence-electron chi connectivity index (χ4n) is 3.51. The zero-order valence-corrected chi connectivity index (χ0v) is 17.8. The maximum atomic E-state index is 13.6. The van der Waals surface area contributed by atoms with E-state index in [1.54, 1.807) is 11.0 Å². The molecule has 154 valence electrons. The van der Waals surface area contributed by atoms with Gasteiger partial charge in [0.2, 0.25) is 0 Å². The molecule has 2 aromatic heterocycles. The molecule has 0 unspecified atom stereocenters. The third-order valence-electron chi connectivity index (χ3n) is 4.97. The molecule has 0 aliphatic rings. The average molecular weight is 429 g/mol. The van der Waals surface area contributed by atoms with Crippen LogP contribution in [0.1, 0.15) is 23.0 Å². The Bertz CT molecular complexity index is 1320. The molecule has 0 aliphatic carbocycles. The number of anilines is 1. The van der Waals surface area contributed by atoms with Gasteiger partial charge < -0.3 is 9.15 Å². The van der Waals surface area contributed by atoms with Crippen LogP contribution in [0.4, 0.5) is 5.13 Å². The molecule has 0 N–H and O–H groups in total. The summed E-state index contributed by atoms with van der Waals surface area (Å²) in [7, 11) is 0. The molecule has 0 radical (unpaired) electrons. The Kier molecular flexibility index (Phi) is 5.14. The molecule has 3 aromatic carbocycles. The van der Waals surface area contributed by atoms with Gasteiger partial charge in [0.25, 0.3) is 5.91 Å². The number of rotatable bonds is 6. The summed E-state index contributed by atoms with van der Waals surface area (Å²) in [5.41, 5.74) is 2.46. The van der Waals surface area contributed by atoms with Gasteiger partial charge in [-0.05, 0) is 36.8 Å². The summed E-state index contributed by atoms with van der Waals surface area (Å²) in [4.78, 5) is 20.0. The number of fused-ring (bicyclic) bond motifs is 2. The van der Waals surface area contributed by atoms with Crippen LogP contribution >= 0.6 is 11.3 Å². The molecule has 6 heteroatoms. The molecule has 0 atom stereocenters. The Morgan fingerprint density at radius 1 is 1.03 bits per heavy atom. The van der Waals surface area contributed by atoms with Crippen molar-refractivity contribution < 1.29 is 13.9 Å². The summed E-state index contributed by atoms with van der Waals surface area (Å²) in [6, 6.07) is 25.1. The van der Waals surface area contributed by atoms with Crippen molar-refractivity contribution >= 4 is 43.6 Å². The molecule has 5 rings (SSSR count). The van der Waals surface area contributed by atoms with E-state index < -0.39 is 0 Å². The SMILES string of the molecule is CCOc1cccc2sc(N(Cc3ccccc3)C(=O)c3cc4ccccc4o3)nc12. The monoisotopic (exact) mass is 428 g/mol. The summed E-state index contributed by atoms with van der Waals surface area (Å²) in [5.74, 6) is 0.789. The van der Waals surface area contributed by atoms with Crippen LogP contribution in [0.2, 0.25) is 0 Å². The molecule has 0 spiro atoms.